The number of sulfonamides is 1. The van der Waals surface area contributed by atoms with Gasteiger partial charge in [0.25, 0.3) is 5.91 Å². The van der Waals surface area contributed by atoms with E-state index in [-0.39, 0.29) is 4.90 Å². The number of halogens is 2. The molecule has 156 valence electrons. The van der Waals surface area contributed by atoms with Gasteiger partial charge in [-0.2, -0.15) is 9.41 Å². The quantitative estimate of drug-likeness (QED) is 0.444. The van der Waals surface area contributed by atoms with Crippen LogP contribution in [-0.2, 0) is 10.0 Å². The van der Waals surface area contributed by atoms with E-state index in [1.165, 1.54) is 34.8 Å². The number of hydrazone groups is 1. The largest absolute Gasteiger partial charge is 0.271 e. The van der Waals surface area contributed by atoms with Crippen LogP contribution in [0.15, 0.2) is 52.5 Å². The number of carbonyl (C=O) groups is 1. The van der Waals surface area contributed by atoms with Gasteiger partial charge < -0.3 is 0 Å². The van der Waals surface area contributed by atoms with Crippen molar-refractivity contribution in [2.24, 2.45) is 5.10 Å². The molecule has 0 aliphatic heterocycles. The Morgan fingerprint density at radius 2 is 1.66 bits per heavy atom. The molecule has 0 bridgehead atoms. The average molecular weight is 456 g/mol. The molecule has 0 unspecified atom stereocenters. The van der Waals surface area contributed by atoms with Crippen LogP contribution >= 0.6 is 23.2 Å². The molecule has 29 heavy (non-hydrogen) atoms. The lowest BCUT2D eigenvalue weighted by atomic mass is 10.2. The molecule has 0 heterocycles. The van der Waals surface area contributed by atoms with Crippen LogP contribution < -0.4 is 5.43 Å². The molecule has 0 radical (unpaired) electrons. The second-order valence-corrected chi connectivity index (χ2v) is 9.05. The van der Waals surface area contributed by atoms with Crippen molar-refractivity contribution in [1.29, 1.82) is 0 Å². The summed E-state index contributed by atoms with van der Waals surface area (Å²) in [6.45, 7) is 4.79. The summed E-state index contributed by atoms with van der Waals surface area (Å²) in [6.07, 6.45) is 2.90. The van der Waals surface area contributed by atoms with Crippen molar-refractivity contribution >= 4 is 45.3 Å². The van der Waals surface area contributed by atoms with Crippen LogP contribution in [0.2, 0.25) is 10.0 Å². The monoisotopic (exact) mass is 455 g/mol. The van der Waals surface area contributed by atoms with E-state index in [9.17, 15) is 13.2 Å². The van der Waals surface area contributed by atoms with Gasteiger partial charge in [0, 0.05) is 18.7 Å². The highest BCUT2D eigenvalue weighted by Crippen LogP contribution is 2.22. The fourth-order valence-electron chi connectivity index (χ4n) is 2.60. The van der Waals surface area contributed by atoms with E-state index in [1.807, 2.05) is 13.8 Å². The van der Waals surface area contributed by atoms with Crippen molar-refractivity contribution in [3.05, 3.63) is 63.6 Å². The summed E-state index contributed by atoms with van der Waals surface area (Å²) in [5, 5.41) is 4.70. The molecule has 0 aliphatic carbocycles. The van der Waals surface area contributed by atoms with Gasteiger partial charge in [-0.1, -0.05) is 43.1 Å². The first-order valence-corrected chi connectivity index (χ1v) is 11.4. The van der Waals surface area contributed by atoms with E-state index in [2.05, 4.69) is 10.5 Å². The molecule has 2 aromatic carbocycles. The first kappa shape index (κ1) is 23.3. The Hall–Kier alpha value is -1.93. The minimum Gasteiger partial charge on any atom is -0.267 e. The summed E-state index contributed by atoms with van der Waals surface area (Å²) in [7, 11) is -3.58. The van der Waals surface area contributed by atoms with Crippen LogP contribution in [0, 0.1) is 0 Å². The Bertz CT molecular complexity index is 971. The van der Waals surface area contributed by atoms with Crippen molar-refractivity contribution < 1.29 is 13.2 Å². The third-order valence-electron chi connectivity index (χ3n) is 4.02. The van der Waals surface area contributed by atoms with Gasteiger partial charge in [-0.3, -0.25) is 4.79 Å². The summed E-state index contributed by atoms with van der Waals surface area (Å²) in [5.74, 6) is -0.454. The maximum Gasteiger partial charge on any atom is 0.271 e. The van der Waals surface area contributed by atoms with E-state index in [1.54, 1.807) is 18.2 Å². The molecule has 2 aromatic rings. The molecule has 1 N–H and O–H groups in total. The van der Waals surface area contributed by atoms with E-state index >= 15 is 0 Å². The molecule has 0 saturated carbocycles. The maximum absolute atomic E-state index is 12.8. The van der Waals surface area contributed by atoms with Crippen LogP contribution in [-0.4, -0.2) is 37.9 Å². The lowest BCUT2D eigenvalue weighted by Gasteiger charge is -2.21. The standard InChI is InChI=1S/C20H23Cl2N3O3S/c1-3-11-25(12-4-2)29(27,28)17-8-6-16(7-9-17)20(26)24-23-14-15-5-10-18(21)19(22)13-15/h5-10,13-14H,3-4,11-12H2,1-2H3,(H,24,26)/b23-14+. The molecule has 0 fully saturated rings. The maximum atomic E-state index is 12.8. The molecule has 0 atom stereocenters. The molecule has 0 aromatic heterocycles. The first-order valence-electron chi connectivity index (χ1n) is 9.18. The number of hydrogen-bond acceptors (Lipinski definition) is 4. The number of benzene rings is 2. The molecule has 0 spiro atoms. The Labute approximate surface area is 181 Å². The smallest absolute Gasteiger partial charge is 0.267 e. The molecule has 6 nitrogen and oxygen atoms in total. The highest BCUT2D eigenvalue weighted by molar-refractivity contribution is 7.89. The molecule has 0 saturated heterocycles. The molecule has 0 aliphatic rings. The van der Waals surface area contributed by atoms with Gasteiger partial charge in [-0.05, 0) is 54.8 Å². The van der Waals surface area contributed by atoms with Crippen molar-refractivity contribution in [2.75, 3.05) is 13.1 Å². The lowest BCUT2D eigenvalue weighted by molar-refractivity contribution is 0.0955. The van der Waals surface area contributed by atoms with Gasteiger partial charge in [-0.15, -0.1) is 0 Å². The Morgan fingerprint density at radius 1 is 1.03 bits per heavy atom. The average Bonchev–Trinajstić information content (AvgIpc) is 2.70. The van der Waals surface area contributed by atoms with Gasteiger partial charge in [0.05, 0.1) is 21.2 Å². The predicted octanol–water partition coefficient (Wildman–Crippen LogP) is 4.57. The van der Waals surface area contributed by atoms with E-state index in [0.717, 1.165) is 12.8 Å². The Morgan fingerprint density at radius 3 is 2.21 bits per heavy atom. The van der Waals surface area contributed by atoms with Gasteiger partial charge in [0.15, 0.2) is 0 Å². The van der Waals surface area contributed by atoms with Crippen LogP contribution in [0.4, 0.5) is 0 Å². The summed E-state index contributed by atoms with van der Waals surface area (Å²) >= 11 is 11.8. The van der Waals surface area contributed by atoms with Gasteiger partial charge >= 0.3 is 0 Å². The number of amides is 1. The van der Waals surface area contributed by atoms with Crippen molar-refractivity contribution in [2.45, 2.75) is 31.6 Å². The first-order chi connectivity index (χ1) is 13.8. The second kappa shape index (κ2) is 10.7. The minimum absolute atomic E-state index is 0.162. The van der Waals surface area contributed by atoms with Crippen LogP contribution in [0.25, 0.3) is 0 Å². The third-order valence-corrected chi connectivity index (χ3v) is 6.68. The van der Waals surface area contributed by atoms with Gasteiger partial charge in [-0.25, -0.2) is 13.8 Å². The zero-order chi connectivity index (χ0) is 21.4. The number of rotatable bonds is 9. The summed E-state index contributed by atoms with van der Waals surface area (Å²) in [6, 6.07) is 10.8. The number of carbonyl (C=O) groups excluding carboxylic acids is 1. The molecular formula is C20H23Cl2N3O3S. The van der Waals surface area contributed by atoms with E-state index < -0.39 is 15.9 Å². The second-order valence-electron chi connectivity index (χ2n) is 6.30. The summed E-state index contributed by atoms with van der Waals surface area (Å²) in [5.41, 5.74) is 3.37. The highest BCUT2D eigenvalue weighted by Gasteiger charge is 2.23. The zero-order valence-corrected chi connectivity index (χ0v) is 18.6. The number of nitrogens with zero attached hydrogens (tertiary/aromatic N) is 2. The normalized spacial score (nSPS) is 11.9. The van der Waals surface area contributed by atoms with Crippen molar-refractivity contribution in [3.8, 4) is 0 Å². The van der Waals surface area contributed by atoms with Crippen LogP contribution in [0.1, 0.15) is 42.6 Å². The van der Waals surface area contributed by atoms with E-state index in [0.29, 0.717) is 34.3 Å². The Kier molecular flexibility index (Phi) is 8.64. The van der Waals surface area contributed by atoms with Gasteiger partial charge in [0.1, 0.15) is 0 Å². The zero-order valence-electron chi connectivity index (χ0n) is 16.2. The minimum atomic E-state index is -3.58. The van der Waals surface area contributed by atoms with Gasteiger partial charge in [0.2, 0.25) is 10.0 Å². The Balaban J connectivity index is 2.07. The number of hydrogen-bond donors (Lipinski definition) is 1. The molecule has 2 rings (SSSR count). The van der Waals surface area contributed by atoms with Crippen molar-refractivity contribution in [3.63, 3.8) is 0 Å². The van der Waals surface area contributed by atoms with Crippen LogP contribution in [0.5, 0.6) is 0 Å². The van der Waals surface area contributed by atoms with Crippen molar-refractivity contribution in [1.82, 2.24) is 9.73 Å². The number of nitrogens with one attached hydrogen (secondary N) is 1. The topological polar surface area (TPSA) is 78.8 Å². The highest BCUT2D eigenvalue weighted by atomic mass is 35.5. The van der Waals surface area contributed by atoms with Crippen LogP contribution in [0.3, 0.4) is 0 Å². The predicted molar refractivity (Wildman–Crippen MR) is 117 cm³/mol. The van der Waals surface area contributed by atoms with E-state index in [4.69, 9.17) is 23.2 Å². The SMILES string of the molecule is CCCN(CCC)S(=O)(=O)c1ccc(C(=O)N/N=C/c2ccc(Cl)c(Cl)c2)cc1. The summed E-state index contributed by atoms with van der Waals surface area (Å²) < 4.78 is 27.0. The summed E-state index contributed by atoms with van der Waals surface area (Å²) in [4.78, 5) is 12.4. The fraction of sp³-hybridized carbons (Fsp3) is 0.300. The lowest BCUT2D eigenvalue weighted by Crippen LogP contribution is -2.32. The molecule has 1 amide bonds. The third kappa shape index (κ3) is 6.27. The molecular weight excluding hydrogens is 433 g/mol. The fourth-order valence-corrected chi connectivity index (χ4v) is 4.53. The molecule has 9 heteroatoms.